The first-order chi connectivity index (χ1) is 14.6. The number of rotatable bonds is 8. The lowest BCUT2D eigenvalue weighted by atomic mass is 9.90. The number of hydrogen-bond donors (Lipinski definition) is 0. The smallest absolute Gasteiger partial charge is 0.260 e. The van der Waals surface area contributed by atoms with Crippen molar-refractivity contribution in [3.8, 4) is 23.3 Å². The summed E-state index contributed by atoms with van der Waals surface area (Å²) < 4.78 is 16.1. The van der Waals surface area contributed by atoms with Crippen LogP contribution in [-0.2, 0) is 11.2 Å². The first-order valence-electron chi connectivity index (χ1n) is 10.2. The van der Waals surface area contributed by atoms with Gasteiger partial charge in [-0.3, -0.25) is 4.79 Å². The number of methoxy groups -OCH3 is 2. The summed E-state index contributed by atoms with van der Waals surface area (Å²) in [6.45, 7) is 1.50. The lowest BCUT2D eigenvalue weighted by Gasteiger charge is -2.32. The summed E-state index contributed by atoms with van der Waals surface area (Å²) in [6, 6.07) is 15.2. The van der Waals surface area contributed by atoms with Gasteiger partial charge < -0.3 is 19.1 Å². The van der Waals surface area contributed by atoms with Crippen LogP contribution in [0, 0.1) is 17.2 Å². The number of likely N-dealkylation sites (tertiary alicyclic amines) is 1. The highest BCUT2D eigenvalue weighted by Gasteiger charge is 2.23. The van der Waals surface area contributed by atoms with Crippen LogP contribution in [-0.4, -0.2) is 44.7 Å². The average molecular weight is 408 g/mol. The molecule has 0 N–H and O–H groups in total. The van der Waals surface area contributed by atoms with E-state index in [2.05, 4.69) is 18.2 Å². The third kappa shape index (κ3) is 5.66. The number of benzene rings is 2. The minimum absolute atomic E-state index is 0.0185. The summed E-state index contributed by atoms with van der Waals surface area (Å²) >= 11 is 0. The van der Waals surface area contributed by atoms with Crippen molar-refractivity contribution >= 4 is 5.91 Å². The van der Waals surface area contributed by atoms with Crippen molar-refractivity contribution in [2.45, 2.75) is 25.7 Å². The van der Waals surface area contributed by atoms with Crippen LogP contribution in [0.5, 0.6) is 17.2 Å². The maximum absolute atomic E-state index is 12.5. The van der Waals surface area contributed by atoms with Crippen LogP contribution in [0.25, 0.3) is 0 Å². The predicted octanol–water partition coefficient (Wildman–Crippen LogP) is 3.83. The Hall–Kier alpha value is -3.20. The van der Waals surface area contributed by atoms with E-state index in [0.717, 1.165) is 44.5 Å². The monoisotopic (exact) mass is 408 g/mol. The highest BCUT2D eigenvalue weighted by molar-refractivity contribution is 5.78. The molecule has 0 aliphatic carbocycles. The van der Waals surface area contributed by atoms with Gasteiger partial charge in [0, 0.05) is 19.2 Å². The maximum Gasteiger partial charge on any atom is 0.260 e. The summed E-state index contributed by atoms with van der Waals surface area (Å²) in [5.41, 5.74) is 1.81. The first-order valence-corrected chi connectivity index (χ1v) is 10.2. The molecular weight excluding hydrogens is 380 g/mol. The summed E-state index contributed by atoms with van der Waals surface area (Å²) in [5.74, 6) is 2.43. The normalized spacial score (nSPS) is 14.1. The number of piperidine rings is 1. The van der Waals surface area contributed by atoms with Crippen LogP contribution in [0.1, 0.15) is 30.4 Å². The molecule has 3 rings (SSSR count). The second-order valence-corrected chi connectivity index (χ2v) is 7.48. The van der Waals surface area contributed by atoms with Crippen molar-refractivity contribution in [2.75, 3.05) is 33.9 Å². The van der Waals surface area contributed by atoms with Crippen molar-refractivity contribution in [1.29, 1.82) is 5.26 Å². The second kappa shape index (κ2) is 10.5. The molecule has 1 saturated heterocycles. The van der Waals surface area contributed by atoms with E-state index in [9.17, 15) is 4.79 Å². The standard InChI is InChI=1S/C24H28N2O4/c1-28-21-8-5-18(6-9-21)3-4-19-11-13-26(14-12-19)24(27)17-30-22-10-7-20(16-25)15-23(22)29-2/h5-10,15,19H,3-4,11-14,17H2,1-2H3. The van der Waals surface area contributed by atoms with Gasteiger partial charge in [0.05, 0.1) is 25.9 Å². The largest absolute Gasteiger partial charge is 0.497 e. The highest BCUT2D eigenvalue weighted by Crippen LogP contribution is 2.28. The Morgan fingerprint density at radius 3 is 2.43 bits per heavy atom. The highest BCUT2D eigenvalue weighted by atomic mass is 16.5. The van der Waals surface area contributed by atoms with Gasteiger partial charge >= 0.3 is 0 Å². The molecule has 1 amide bonds. The number of ether oxygens (including phenoxy) is 3. The van der Waals surface area contributed by atoms with E-state index in [1.54, 1.807) is 25.3 Å². The SMILES string of the molecule is COc1ccc(CCC2CCN(C(=O)COc3ccc(C#N)cc3OC)CC2)cc1. The van der Waals surface area contributed by atoms with Crippen molar-refractivity contribution < 1.29 is 19.0 Å². The Bertz CT molecular complexity index is 881. The van der Waals surface area contributed by atoms with Gasteiger partial charge in [-0.2, -0.15) is 5.26 Å². The number of nitrogens with zero attached hydrogens (tertiary/aromatic N) is 2. The molecule has 0 unspecified atom stereocenters. The summed E-state index contributed by atoms with van der Waals surface area (Å²) in [5, 5.41) is 8.97. The molecule has 1 aliphatic rings. The van der Waals surface area contributed by atoms with Crippen LogP contribution in [0.2, 0.25) is 0 Å². The molecule has 0 saturated carbocycles. The molecular formula is C24H28N2O4. The van der Waals surface area contributed by atoms with E-state index in [-0.39, 0.29) is 12.5 Å². The van der Waals surface area contributed by atoms with Gasteiger partial charge in [0.25, 0.3) is 5.91 Å². The summed E-state index contributed by atoms with van der Waals surface area (Å²) in [7, 11) is 3.19. The lowest BCUT2D eigenvalue weighted by Crippen LogP contribution is -2.41. The van der Waals surface area contributed by atoms with E-state index >= 15 is 0 Å². The van der Waals surface area contributed by atoms with Crippen LogP contribution < -0.4 is 14.2 Å². The zero-order valence-corrected chi connectivity index (χ0v) is 17.6. The molecule has 30 heavy (non-hydrogen) atoms. The Morgan fingerprint density at radius 1 is 1.07 bits per heavy atom. The fraction of sp³-hybridized carbons (Fsp3) is 0.417. The topological polar surface area (TPSA) is 71.8 Å². The van der Waals surface area contributed by atoms with E-state index in [1.165, 1.54) is 12.7 Å². The minimum atomic E-state index is -0.0290. The zero-order chi connectivity index (χ0) is 21.3. The van der Waals surface area contributed by atoms with Crippen molar-refractivity contribution in [3.05, 3.63) is 53.6 Å². The van der Waals surface area contributed by atoms with Gasteiger partial charge in [0.2, 0.25) is 0 Å². The third-order valence-corrected chi connectivity index (χ3v) is 5.61. The van der Waals surface area contributed by atoms with Crippen molar-refractivity contribution in [3.63, 3.8) is 0 Å². The molecule has 0 aromatic heterocycles. The predicted molar refractivity (Wildman–Crippen MR) is 114 cm³/mol. The molecule has 0 radical (unpaired) electrons. The fourth-order valence-electron chi connectivity index (χ4n) is 3.72. The number of hydrogen-bond acceptors (Lipinski definition) is 5. The molecule has 0 spiro atoms. The summed E-state index contributed by atoms with van der Waals surface area (Å²) in [4.78, 5) is 14.4. The van der Waals surface area contributed by atoms with Gasteiger partial charge in [-0.1, -0.05) is 12.1 Å². The minimum Gasteiger partial charge on any atom is -0.497 e. The molecule has 0 atom stereocenters. The fourth-order valence-corrected chi connectivity index (χ4v) is 3.72. The molecule has 1 heterocycles. The average Bonchev–Trinajstić information content (AvgIpc) is 2.81. The molecule has 0 bridgehead atoms. The number of carbonyl (C=O) groups excluding carboxylic acids is 1. The third-order valence-electron chi connectivity index (χ3n) is 5.61. The van der Waals surface area contributed by atoms with Crippen molar-refractivity contribution in [1.82, 2.24) is 4.90 Å². The zero-order valence-electron chi connectivity index (χ0n) is 17.6. The Balaban J connectivity index is 1.42. The van der Waals surface area contributed by atoms with Gasteiger partial charge in [-0.05, 0) is 61.4 Å². The van der Waals surface area contributed by atoms with E-state index < -0.39 is 0 Å². The van der Waals surface area contributed by atoms with E-state index in [4.69, 9.17) is 19.5 Å². The molecule has 1 aliphatic heterocycles. The van der Waals surface area contributed by atoms with E-state index in [0.29, 0.717) is 23.0 Å². The Kier molecular flexibility index (Phi) is 7.56. The van der Waals surface area contributed by atoms with Crippen LogP contribution in [0.3, 0.4) is 0 Å². The van der Waals surface area contributed by atoms with Crippen LogP contribution in [0.15, 0.2) is 42.5 Å². The number of aryl methyl sites for hydroxylation is 1. The molecule has 158 valence electrons. The van der Waals surface area contributed by atoms with Crippen LogP contribution >= 0.6 is 0 Å². The molecule has 6 nitrogen and oxygen atoms in total. The molecule has 2 aromatic rings. The quantitative estimate of drug-likeness (QED) is 0.664. The first kappa shape index (κ1) is 21.5. The summed E-state index contributed by atoms with van der Waals surface area (Å²) in [6.07, 6.45) is 4.21. The maximum atomic E-state index is 12.5. The Morgan fingerprint density at radius 2 is 1.80 bits per heavy atom. The molecule has 2 aromatic carbocycles. The van der Waals surface area contributed by atoms with E-state index in [1.807, 2.05) is 17.0 Å². The van der Waals surface area contributed by atoms with Gasteiger partial charge in [0.1, 0.15) is 5.75 Å². The van der Waals surface area contributed by atoms with Gasteiger partial charge in [0.15, 0.2) is 18.1 Å². The Labute approximate surface area is 178 Å². The lowest BCUT2D eigenvalue weighted by molar-refractivity contribution is -0.134. The second-order valence-electron chi connectivity index (χ2n) is 7.48. The number of nitriles is 1. The van der Waals surface area contributed by atoms with Crippen molar-refractivity contribution in [2.24, 2.45) is 5.92 Å². The van der Waals surface area contributed by atoms with Gasteiger partial charge in [-0.15, -0.1) is 0 Å². The van der Waals surface area contributed by atoms with Crippen LogP contribution in [0.4, 0.5) is 0 Å². The molecule has 1 fully saturated rings. The number of amides is 1. The molecule has 6 heteroatoms. The number of carbonyl (C=O) groups is 1. The van der Waals surface area contributed by atoms with Gasteiger partial charge in [-0.25, -0.2) is 0 Å².